The lowest BCUT2D eigenvalue weighted by molar-refractivity contribution is -0.130. The van der Waals surface area contributed by atoms with Crippen LogP contribution in [0.25, 0.3) is 0 Å². The van der Waals surface area contributed by atoms with Gasteiger partial charge in [0.1, 0.15) is 5.76 Å². The Bertz CT molecular complexity index is 590. The van der Waals surface area contributed by atoms with E-state index in [0.717, 1.165) is 90.3 Å². The first-order valence-corrected chi connectivity index (χ1v) is 9.83. The average Bonchev–Trinajstić information content (AvgIpc) is 3.21. The van der Waals surface area contributed by atoms with E-state index in [-0.39, 0.29) is 5.91 Å². The second-order valence-electron chi connectivity index (χ2n) is 6.91. The van der Waals surface area contributed by atoms with Crippen LogP contribution in [0, 0.1) is 0 Å². The second kappa shape index (κ2) is 10.3. The zero-order valence-electron chi connectivity index (χ0n) is 16.2. The van der Waals surface area contributed by atoms with Gasteiger partial charge in [0, 0.05) is 65.7 Å². The van der Waals surface area contributed by atoms with Crippen LogP contribution < -0.4 is 5.32 Å². The molecule has 2 aliphatic heterocycles. The quantitative estimate of drug-likeness (QED) is 0.567. The summed E-state index contributed by atoms with van der Waals surface area (Å²) in [5.74, 6) is 2.04. The Balaban J connectivity index is 1.52. The standard InChI is InChI=1S/C19H31N5O3/c1-17(25)23-8-10-24(11-9-23)19(20-5-4-18-3-2-14-27-18)21-6-7-22-12-15-26-16-13-22/h2-3,14H,4-13,15-16H2,1H3,(H,20,21). The highest BCUT2D eigenvalue weighted by Crippen LogP contribution is 2.04. The van der Waals surface area contributed by atoms with Crippen molar-refractivity contribution in [2.75, 3.05) is 72.1 Å². The fourth-order valence-electron chi connectivity index (χ4n) is 3.38. The molecule has 0 bridgehead atoms. The van der Waals surface area contributed by atoms with Crippen LogP contribution in [0.2, 0.25) is 0 Å². The topological polar surface area (TPSA) is 73.6 Å². The van der Waals surface area contributed by atoms with Crippen LogP contribution in [0.4, 0.5) is 0 Å². The van der Waals surface area contributed by atoms with Crippen molar-refractivity contribution in [3.63, 3.8) is 0 Å². The Hall–Kier alpha value is -2.06. The number of carbonyl (C=O) groups excluding carboxylic acids is 1. The van der Waals surface area contributed by atoms with E-state index in [4.69, 9.17) is 14.1 Å². The molecule has 3 rings (SSSR count). The van der Waals surface area contributed by atoms with Gasteiger partial charge in [0.15, 0.2) is 5.96 Å². The Morgan fingerprint density at radius 1 is 1.15 bits per heavy atom. The first-order chi connectivity index (χ1) is 13.2. The molecule has 0 spiro atoms. The largest absolute Gasteiger partial charge is 0.469 e. The Kier molecular flexibility index (Phi) is 7.53. The molecule has 1 amide bonds. The maximum Gasteiger partial charge on any atom is 0.219 e. The highest BCUT2D eigenvalue weighted by molar-refractivity contribution is 5.80. The summed E-state index contributed by atoms with van der Waals surface area (Å²) in [7, 11) is 0. The minimum absolute atomic E-state index is 0.145. The second-order valence-corrected chi connectivity index (χ2v) is 6.91. The molecule has 2 aliphatic rings. The molecule has 0 aliphatic carbocycles. The van der Waals surface area contributed by atoms with Crippen molar-refractivity contribution >= 4 is 11.9 Å². The molecule has 0 unspecified atom stereocenters. The van der Waals surface area contributed by atoms with Gasteiger partial charge in [0.2, 0.25) is 5.91 Å². The van der Waals surface area contributed by atoms with Gasteiger partial charge in [-0.05, 0) is 12.1 Å². The molecule has 3 heterocycles. The van der Waals surface area contributed by atoms with Crippen LogP contribution >= 0.6 is 0 Å². The Labute approximate surface area is 161 Å². The number of nitrogens with one attached hydrogen (secondary N) is 1. The van der Waals surface area contributed by atoms with E-state index >= 15 is 0 Å². The van der Waals surface area contributed by atoms with Gasteiger partial charge in [-0.3, -0.25) is 14.7 Å². The molecular weight excluding hydrogens is 346 g/mol. The lowest BCUT2D eigenvalue weighted by Gasteiger charge is -2.36. The lowest BCUT2D eigenvalue weighted by Crippen LogP contribution is -2.53. The number of hydrogen-bond donors (Lipinski definition) is 1. The van der Waals surface area contributed by atoms with Gasteiger partial charge in [0.25, 0.3) is 0 Å². The monoisotopic (exact) mass is 377 g/mol. The smallest absolute Gasteiger partial charge is 0.219 e. The zero-order chi connectivity index (χ0) is 18.9. The molecule has 1 aromatic rings. The number of carbonyl (C=O) groups is 1. The molecule has 0 aromatic carbocycles. The highest BCUT2D eigenvalue weighted by atomic mass is 16.5. The Morgan fingerprint density at radius 2 is 1.89 bits per heavy atom. The van der Waals surface area contributed by atoms with Crippen LogP contribution in [-0.2, 0) is 16.0 Å². The summed E-state index contributed by atoms with van der Waals surface area (Å²) < 4.78 is 10.8. The molecule has 0 atom stereocenters. The number of ether oxygens (including phenoxy) is 1. The van der Waals surface area contributed by atoms with E-state index < -0.39 is 0 Å². The van der Waals surface area contributed by atoms with Crippen LogP contribution in [-0.4, -0.2) is 98.7 Å². The van der Waals surface area contributed by atoms with Crippen molar-refractivity contribution in [2.24, 2.45) is 4.99 Å². The van der Waals surface area contributed by atoms with Crippen molar-refractivity contribution in [2.45, 2.75) is 13.3 Å². The molecule has 150 valence electrons. The number of hydrogen-bond acceptors (Lipinski definition) is 5. The first-order valence-electron chi connectivity index (χ1n) is 9.83. The van der Waals surface area contributed by atoms with Crippen molar-refractivity contribution in [1.82, 2.24) is 20.0 Å². The summed E-state index contributed by atoms with van der Waals surface area (Å²) in [6, 6.07) is 3.90. The number of amides is 1. The molecule has 0 saturated carbocycles. The molecule has 1 N–H and O–H groups in total. The van der Waals surface area contributed by atoms with E-state index in [0.29, 0.717) is 0 Å². The van der Waals surface area contributed by atoms with E-state index in [1.54, 1.807) is 13.2 Å². The Morgan fingerprint density at radius 3 is 2.56 bits per heavy atom. The molecule has 2 saturated heterocycles. The maximum atomic E-state index is 11.6. The van der Waals surface area contributed by atoms with Crippen LogP contribution in [0.5, 0.6) is 0 Å². The summed E-state index contributed by atoms with van der Waals surface area (Å²) in [4.78, 5) is 22.9. The predicted octanol–water partition coefficient (Wildman–Crippen LogP) is 0.264. The summed E-state index contributed by atoms with van der Waals surface area (Å²) >= 11 is 0. The molecule has 2 fully saturated rings. The maximum absolute atomic E-state index is 11.6. The van der Waals surface area contributed by atoms with Crippen LogP contribution in [0.3, 0.4) is 0 Å². The van der Waals surface area contributed by atoms with E-state index in [1.807, 2.05) is 17.0 Å². The highest BCUT2D eigenvalue weighted by Gasteiger charge is 2.21. The third-order valence-corrected chi connectivity index (χ3v) is 5.04. The van der Waals surface area contributed by atoms with Gasteiger partial charge >= 0.3 is 0 Å². The van der Waals surface area contributed by atoms with Crippen molar-refractivity contribution in [1.29, 1.82) is 0 Å². The fraction of sp³-hybridized carbons (Fsp3) is 0.684. The molecule has 27 heavy (non-hydrogen) atoms. The molecular formula is C19H31N5O3. The van der Waals surface area contributed by atoms with Gasteiger partial charge in [0.05, 0.1) is 26.0 Å². The summed E-state index contributed by atoms with van der Waals surface area (Å²) in [5, 5.41) is 3.48. The van der Waals surface area contributed by atoms with Crippen molar-refractivity contribution < 1.29 is 13.9 Å². The molecule has 1 aromatic heterocycles. The van der Waals surface area contributed by atoms with E-state index in [2.05, 4.69) is 15.1 Å². The third-order valence-electron chi connectivity index (χ3n) is 5.04. The van der Waals surface area contributed by atoms with Gasteiger partial charge < -0.3 is 24.3 Å². The molecule has 8 nitrogen and oxygen atoms in total. The summed E-state index contributed by atoms with van der Waals surface area (Å²) in [6.07, 6.45) is 2.52. The lowest BCUT2D eigenvalue weighted by atomic mass is 10.3. The SMILES string of the molecule is CC(=O)N1CCN(C(=NCCN2CCOCC2)NCCc2ccco2)CC1. The van der Waals surface area contributed by atoms with Crippen molar-refractivity contribution in [3.05, 3.63) is 24.2 Å². The van der Waals surface area contributed by atoms with Gasteiger partial charge in [-0.15, -0.1) is 0 Å². The normalized spacial score (nSPS) is 19.4. The number of furan rings is 1. The average molecular weight is 377 g/mol. The van der Waals surface area contributed by atoms with E-state index in [9.17, 15) is 4.79 Å². The number of morpholine rings is 1. The number of rotatable bonds is 6. The van der Waals surface area contributed by atoms with E-state index in [1.165, 1.54) is 0 Å². The molecule has 8 heteroatoms. The number of aliphatic imine (C=N–C) groups is 1. The minimum Gasteiger partial charge on any atom is -0.469 e. The van der Waals surface area contributed by atoms with Gasteiger partial charge in [-0.2, -0.15) is 0 Å². The third kappa shape index (κ3) is 6.25. The van der Waals surface area contributed by atoms with Gasteiger partial charge in [-0.25, -0.2) is 0 Å². The summed E-state index contributed by atoms with van der Waals surface area (Å²) in [6.45, 7) is 10.8. The number of nitrogens with zero attached hydrogens (tertiary/aromatic N) is 4. The summed E-state index contributed by atoms with van der Waals surface area (Å²) in [5.41, 5.74) is 0. The van der Waals surface area contributed by atoms with Crippen LogP contribution in [0.1, 0.15) is 12.7 Å². The zero-order valence-corrected chi connectivity index (χ0v) is 16.2. The predicted molar refractivity (Wildman–Crippen MR) is 104 cm³/mol. The first kappa shape index (κ1) is 19.7. The van der Waals surface area contributed by atoms with Gasteiger partial charge in [-0.1, -0.05) is 0 Å². The number of piperazine rings is 1. The van der Waals surface area contributed by atoms with Crippen LogP contribution in [0.15, 0.2) is 27.8 Å². The molecule has 0 radical (unpaired) electrons. The minimum atomic E-state index is 0.145. The van der Waals surface area contributed by atoms with Crippen molar-refractivity contribution in [3.8, 4) is 0 Å². The fourth-order valence-corrected chi connectivity index (χ4v) is 3.38. The number of guanidine groups is 1.